The summed E-state index contributed by atoms with van der Waals surface area (Å²) in [6.07, 6.45) is 3.42. The molecular formula is C21H18N4O2. The van der Waals surface area contributed by atoms with Crippen LogP contribution < -0.4 is 15.4 Å². The van der Waals surface area contributed by atoms with Crippen molar-refractivity contribution in [3.63, 3.8) is 0 Å². The van der Waals surface area contributed by atoms with Gasteiger partial charge in [0, 0.05) is 29.3 Å². The highest BCUT2D eigenvalue weighted by Crippen LogP contribution is 2.16. The molecule has 0 unspecified atom stereocenters. The van der Waals surface area contributed by atoms with Crippen LogP contribution in [0.5, 0.6) is 5.75 Å². The molecule has 3 rings (SSSR count). The number of carbonyl (C=O) groups excluding carboxylic acids is 1. The number of nitrogens with one attached hydrogen (secondary N) is 2. The number of nitriles is 1. The Kier molecular flexibility index (Phi) is 6.00. The Labute approximate surface area is 157 Å². The van der Waals surface area contributed by atoms with E-state index in [1.165, 1.54) is 0 Å². The third-order valence-electron chi connectivity index (χ3n) is 3.74. The Morgan fingerprint density at radius 2 is 1.78 bits per heavy atom. The van der Waals surface area contributed by atoms with Crippen molar-refractivity contribution in [3.05, 3.63) is 84.2 Å². The van der Waals surface area contributed by atoms with Gasteiger partial charge in [-0.1, -0.05) is 6.07 Å². The third kappa shape index (κ3) is 5.31. The molecule has 0 spiro atoms. The van der Waals surface area contributed by atoms with Crippen LogP contribution in [-0.2, 0) is 0 Å². The molecule has 0 aliphatic heterocycles. The first kappa shape index (κ1) is 18.0. The van der Waals surface area contributed by atoms with E-state index in [-0.39, 0.29) is 5.91 Å². The molecule has 0 atom stereocenters. The summed E-state index contributed by atoms with van der Waals surface area (Å²) in [6, 6.07) is 19.9. The van der Waals surface area contributed by atoms with Crippen molar-refractivity contribution in [1.82, 2.24) is 10.3 Å². The summed E-state index contributed by atoms with van der Waals surface area (Å²) in [5.74, 6) is 0.440. The van der Waals surface area contributed by atoms with Crippen molar-refractivity contribution in [2.45, 2.75) is 0 Å². The van der Waals surface area contributed by atoms with Gasteiger partial charge in [-0.2, -0.15) is 5.26 Å². The van der Waals surface area contributed by atoms with Gasteiger partial charge in [-0.3, -0.25) is 9.78 Å². The molecule has 0 saturated carbocycles. The summed E-state index contributed by atoms with van der Waals surface area (Å²) in [5.41, 5.74) is 2.93. The monoisotopic (exact) mass is 358 g/mol. The molecule has 6 nitrogen and oxygen atoms in total. The Hall–Kier alpha value is -3.85. The molecule has 0 radical (unpaired) electrons. The van der Waals surface area contributed by atoms with Crippen LogP contribution in [0.1, 0.15) is 15.9 Å². The second-order valence-electron chi connectivity index (χ2n) is 5.68. The average Bonchev–Trinajstić information content (AvgIpc) is 2.72. The van der Waals surface area contributed by atoms with E-state index in [0.29, 0.717) is 30.0 Å². The first-order valence-electron chi connectivity index (χ1n) is 8.43. The zero-order chi connectivity index (χ0) is 18.9. The normalized spacial score (nSPS) is 9.89. The summed E-state index contributed by atoms with van der Waals surface area (Å²) in [6.45, 7) is 0.689. The molecule has 27 heavy (non-hydrogen) atoms. The van der Waals surface area contributed by atoms with E-state index in [2.05, 4.69) is 21.7 Å². The lowest BCUT2D eigenvalue weighted by Crippen LogP contribution is -2.28. The number of carbonyl (C=O) groups is 1. The molecule has 6 heteroatoms. The smallest absolute Gasteiger partial charge is 0.251 e. The quantitative estimate of drug-likeness (QED) is 0.631. The second-order valence-corrected chi connectivity index (χ2v) is 5.68. The number of hydrogen-bond acceptors (Lipinski definition) is 5. The zero-order valence-electron chi connectivity index (χ0n) is 14.6. The van der Waals surface area contributed by atoms with Crippen LogP contribution in [0.2, 0.25) is 0 Å². The molecule has 1 heterocycles. The predicted octanol–water partition coefficient (Wildman–Crippen LogP) is 3.51. The van der Waals surface area contributed by atoms with Crippen molar-refractivity contribution in [2.24, 2.45) is 0 Å². The summed E-state index contributed by atoms with van der Waals surface area (Å²) in [7, 11) is 0. The summed E-state index contributed by atoms with van der Waals surface area (Å²) < 4.78 is 5.54. The summed E-state index contributed by atoms with van der Waals surface area (Å²) >= 11 is 0. The van der Waals surface area contributed by atoms with Crippen molar-refractivity contribution >= 4 is 17.3 Å². The molecule has 0 fully saturated rings. The molecule has 134 valence electrons. The van der Waals surface area contributed by atoms with Crippen LogP contribution in [-0.4, -0.2) is 24.0 Å². The topological polar surface area (TPSA) is 87.0 Å². The van der Waals surface area contributed by atoms with E-state index in [4.69, 9.17) is 10.00 Å². The van der Waals surface area contributed by atoms with E-state index in [1.54, 1.807) is 48.8 Å². The Morgan fingerprint density at radius 3 is 2.52 bits per heavy atom. The molecule has 0 bridgehead atoms. The van der Waals surface area contributed by atoms with Crippen LogP contribution in [0.15, 0.2) is 73.1 Å². The highest BCUT2D eigenvalue weighted by molar-refractivity contribution is 5.94. The highest BCUT2D eigenvalue weighted by atomic mass is 16.5. The van der Waals surface area contributed by atoms with Gasteiger partial charge in [0.1, 0.15) is 12.4 Å². The maximum absolute atomic E-state index is 12.2. The second kappa shape index (κ2) is 9.02. The van der Waals surface area contributed by atoms with Crippen molar-refractivity contribution in [3.8, 4) is 11.8 Å². The van der Waals surface area contributed by atoms with Gasteiger partial charge >= 0.3 is 0 Å². The first-order valence-corrected chi connectivity index (χ1v) is 8.43. The number of nitrogens with zero attached hydrogens (tertiary/aromatic N) is 2. The van der Waals surface area contributed by atoms with Crippen molar-refractivity contribution in [2.75, 3.05) is 18.5 Å². The van der Waals surface area contributed by atoms with Gasteiger partial charge in [0.15, 0.2) is 0 Å². The van der Waals surface area contributed by atoms with Gasteiger partial charge in [0.25, 0.3) is 5.91 Å². The van der Waals surface area contributed by atoms with Gasteiger partial charge in [-0.05, 0) is 54.6 Å². The number of rotatable bonds is 7. The maximum Gasteiger partial charge on any atom is 0.251 e. The van der Waals surface area contributed by atoms with Gasteiger partial charge < -0.3 is 15.4 Å². The van der Waals surface area contributed by atoms with E-state index < -0.39 is 0 Å². The number of ether oxygens (including phenoxy) is 1. The lowest BCUT2D eigenvalue weighted by molar-refractivity contribution is 0.0947. The summed E-state index contributed by atoms with van der Waals surface area (Å²) in [4.78, 5) is 16.2. The van der Waals surface area contributed by atoms with Crippen molar-refractivity contribution in [1.29, 1.82) is 5.26 Å². The lowest BCUT2D eigenvalue weighted by Gasteiger charge is -2.09. The van der Waals surface area contributed by atoms with Gasteiger partial charge in [-0.25, -0.2) is 0 Å². The fraction of sp³-hybridized carbons (Fsp3) is 0.0952. The molecule has 2 aromatic carbocycles. The number of pyridine rings is 1. The molecular weight excluding hydrogens is 340 g/mol. The van der Waals surface area contributed by atoms with E-state index in [9.17, 15) is 4.79 Å². The Balaban J connectivity index is 1.46. The molecule has 0 saturated heterocycles. The SMILES string of the molecule is N#Cc1cccc(OCCNC(=O)c2ccc(Nc3ccncc3)cc2)c1. The van der Waals surface area contributed by atoms with Crippen LogP contribution in [0.3, 0.4) is 0 Å². The third-order valence-corrected chi connectivity index (χ3v) is 3.74. The number of amides is 1. The van der Waals surface area contributed by atoms with Crippen LogP contribution in [0.25, 0.3) is 0 Å². The average molecular weight is 358 g/mol. The maximum atomic E-state index is 12.2. The molecule has 1 amide bonds. The van der Waals surface area contributed by atoms with Gasteiger partial charge in [0.05, 0.1) is 18.2 Å². The highest BCUT2D eigenvalue weighted by Gasteiger charge is 2.05. The summed E-state index contributed by atoms with van der Waals surface area (Å²) in [5, 5.41) is 14.9. The molecule has 3 aromatic rings. The fourth-order valence-corrected chi connectivity index (χ4v) is 2.40. The van der Waals surface area contributed by atoms with Gasteiger partial charge in [-0.15, -0.1) is 0 Å². The minimum Gasteiger partial charge on any atom is -0.492 e. The van der Waals surface area contributed by atoms with Crippen LogP contribution in [0, 0.1) is 11.3 Å². The fourth-order valence-electron chi connectivity index (χ4n) is 2.40. The minimum atomic E-state index is -0.167. The largest absolute Gasteiger partial charge is 0.492 e. The minimum absolute atomic E-state index is 0.167. The van der Waals surface area contributed by atoms with Gasteiger partial charge in [0.2, 0.25) is 0 Å². The first-order chi connectivity index (χ1) is 13.2. The number of benzene rings is 2. The van der Waals surface area contributed by atoms with E-state index in [0.717, 1.165) is 11.4 Å². The van der Waals surface area contributed by atoms with Crippen molar-refractivity contribution < 1.29 is 9.53 Å². The number of anilines is 2. The number of aromatic nitrogens is 1. The molecule has 2 N–H and O–H groups in total. The van der Waals surface area contributed by atoms with E-state index >= 15 is 0 Å². The molecule has 1 aromatic heterocycles. The Morgan fingerprint density at radius 1 is 1.04 bits per heavy atom. The van der Waals surface area contributed by atoms with Crippen LogP contribution >= 0.6 is 0 Å². The predicted molar refractivity (Wildman–Crippen MR) is 103 cm³/mol. The lowest BCUT2D eigenvalue weighted by atomic mass is 10.2. The molecule has 0 aliphatic carbocycles. The van der Waals surface area contributed by atoms with Crippen LogP contribution in [0.4, 0.5) is 11.4 Å². The van der Waals surface area contributed by atoms with E-state index in [1.807, 2.05) is 24.3 Å². The number of hydrogen-bond donors (Lipinski definition) is 2. The zero-order valence-corrected chi connectivity index (χ0v) is 14.6. The standard InChI is InChI=1S/C21H18N4O2/c22-15-16-2-1-3-20(14-16)27-13-12-24-21(26)17-4-6-18(7-5-17)25-19-8-10-23-11-9-19/h1-11,14H,12-13H2,(H,23,25)(H,24,26). The molecule has 0 aliphatic rings. The Bertz CT molecular complexity index is 934.